The Balaban J connectivity index is 3.34. The maximum absolute atomic E-state index is 5.73. The van der Waals surface area contributed by atoms with E-state index in [1.54, 1.807) is 6.20 Å². The molecule has 1 aromatic rings. The summed E-state index contributed by atoms with van der Waals surface area (Å²) in [6.45, 7) is 1.95. The smallest absolute Gasteiger partial charge is 0.0619 e. The molecule has 0 unspecified atom stereocenters. The highest BCUT2D eigenvalue weighted by Crippen LogP contribution is 2.22. The lowest BCUT2D eigenvalue weighted by Gasteiger charge is -2.02. The summed E-state index contributed by atoms with van der Waals surface area (Å²) in [6.07, 6.45) is 1.79. The maximum atomic E-state index is 5.73. The summed E-state index contributed by atoms with van der Waals surface area (Å²) >= 11 is 4.38. The standard InChI is InChI=1S/C6H6I2N2/c1-3-5(8)6(9)4(7)2-10-3/h2H,1H3,(H2,9,10). The van der Waals surface area contributed by atoms with Crippen LogP contribution >= 0.6 is 45.2 Å². The Hall–Kier alpha value is 0.410. The number of halogens is 2. The van der Waals surface area contributed by atoms with Crippen molar-refractivity contribution in [1.82, 2.24) is 4.98 Å². The number of anilines is 1. The molecule has 1 rings (SSSR count). The van der Waals surface area contributed by atoms with Gasteiger partial charge in [-0.1, -0.05) is 0 Å². The molecular formula is C6H6I2N2. The average molecular weight is 360 g/mol. The SMILES string of the molecule is Cc1ncc(I)c(N)c1I. The van der Waals surface area contributed by atoms with Gasteiger partial charge in [0.05, 0.1) is 18.5 Å². The molecule has 0 saturated heterocycles. The van der Waals surface area contributed by atoms with Crippen LogP contribution in [0.4, 0.5) is 5.69 Å². The first kappa shape index (κ1) is 8.51. The predicted molar refractivity (Wildman–Crippen MR) is 58.8 cm³/mol. The molecule has 0 aliphatic rings. The highest BCUT2D eigenvalue weighted by Gasteiger charge is 2.02. The Labute approximate surface area is 86.9 Å². The number of nitrogens with two attached hydrogens (primary N) is 1. The number of nitrogens with zero attached hydrogens (tertiary/aromatic N) is 1. The fourth-order valence-electron chi connectivity index (χ4n) is 0.579. The monoisotopic (exact) mass is 360 g/mol. The van der Waals surface area contributed by atoms with Crippen LogP contribution in [0.3, 0.4) is 0 Å². The van der Waals surface area contributed by atoms with Gasteiger partial charge in [-0.3, -0.25) is 4.98 Å². The number of pyridine rings is 1. The van der Waals surface area contributed by atoms with Gasteiger partial charge in [0.1, 0.15) is 0 Å². The average Bonchev–Trinajstić information content (AvgIpc) is 1.93. The van der Waals surface area contributed by atoms with Crippen LogP contribution in [0.5, 0.6) is 0 Å². The van der Waals surface area contributed by atoms with Gasteiger partial charge >= 0.3 is 0 Å². The quantitative estimate of drug-likeness (QED) is 0.721. The third kappa shape index (κ3) is 1.52. The molecule has 0 spiro atoms. The van der Waals surface area contributed by atoms with Crippen molar-refractivity contribution in [3.63, 3.8) is 0 Å². The maximum Gasteiger partial charge on any atom is 0.0619 e. The molecule has 1 aromatic heterocycles. The second-order valence-electron chi connectivity index (χ2n) is 1.92. The van der Waals surface area contributed by atoms with Crippen molar-refractivity contribution < 1.29 is 0 Å². The highest BCUT2D eigenvalue weighted by atomic mass is 127. The van der Waals surface area contributed by atoms with Gasteiger partial charge < -0.3 is 5.73 Å². The summed E-state index contributed by atoms with van der Waals surface area (Å²) in [7, 11) is 0. The second-order valence-corrected chi connectivity index (χ2v) is 4.16. The van der Waals surface area contributed by atoms with Gasteiger partial charge in [-0.15, -0.1) is 0 Å². The normalized spacial score (nSPS) is 9.90. The van der Waals surface area contributed by atoms with Gasteiger partial charge in [-0.25, -0.2) is 0 Å². The minimum absolute atomic E-state index is 0.841. The Morgan fingerprint density at radius 3 is 2.60 bits per heavy atom. The van der Waals surface area contributed by atoms with Crippen molar-refractivity contribution in [1.29, 1.82) is 0 Å². The molecule has 0 bridgehead atoms. The van der Waals surface area contributed by atoms with Gasteiger partial charge in [0.15, 0.2) is 0 Å². The van der Waals surface area contributed by atoms with Crippen LogP contribution in [0.15, 0.2) is 6.20 Å². The Morgan fingerprint density at radius 2 is 2.10 bits per heavy atom. The summed E-state index contributed by atoms with van der Waals surface area (Å²) in [6, 6.07) is 0. The number of aryl methyl sites for hydroxylation is 1. The molecule has 0 amide bonds. The van der Waals surface area contributed by atoms with E-state index >= 15 is 0 Å². The minimum atomic E-state index is 0.841. The van der Waals surface area contributed by atoms with E-state index in [9.17, 15) is 0 Å². The predicted octanol–water partition coefficient (Wildman–Crippen LogP) is 2.18. The fourth-order valence-corrected chi connectivity index (χ4v) is 1.93. The molecule has 0 atom stereocenters. The lowest BCUT2D eigenvalue weighted by molar-refractivity contribution is 1.17. The number of nitrogen functional groups attached to an aromatic ring is 1. The summed E-state index contributed by atoms with van der Waals surface area (Å²) < 4.78 is 2.08. The van der Waals surface area contributed by atoms with E-state index in [0.29, 0.717) is 0 Å². The number of aromatic nitrogens is 1. The second kappa shape index (κ2) is 3.21. The van der Waals surface area contributed by atoms with Crippen LogP contribution in [-0.2, 0) is 0 Å². The van der Waals surface area contributed by atoms with Crippen molar-refractivity contribution in [2.24, 2.45) is 0 Å². The van der Waals surface area contributed by atoms with Gasteiger partial charge in [-0.05, 0) is 52.1 Å². The van der Waals surface area contributed by atoms with Crippen molar-refractivity contribution in [2.45, 2.75) is 6.92 Å². The Bertz CT molecular complexity index is 233. The first-order chi connectivity index (χ1) is 4.63. The van der Waals surface area contributed by atoms with Gasteiger partial charge in [-0.2, -0.15) is 0 Å². The largest absolute Gasteiger partial charge is 0.397 e. The van der Waals surface area contributed by atoms with E-state index in [4.69, 9.17) is 5.73 Å². The number of hydrogen-bond acceptors (Lipinski definition) is 2. The first-order valence-corrected chi connectivity index (χ1v) is 4.84. The number of rotatable bonds is 0. The van der Waals surface area contributed by atoms with E-state index < -0.39 is 0 Å². The van der Waals surface area contributed by atoms with E-state index in [1.165, 1.54) is 0 Å². The molecule has 10 heavy (non-hydrogen) atoms. The Kier molecular flexibility index (Phi) is 2.73. The summed E-state index contributed by atoms with van der Waals surface area (Å²) in [5.74, 6) is 0. The molecule has 0 fully saturated rings. The summed E-state index contributed by atoms with van der Waals surface area (Å²) in [4.78, 5) is 4.14. The minimum Gasteiger partial charge on any atom is -0.397 e. The van der Waals surface area contributed by atoms with Crippen LogP contribution in [0.1, 0.15) is 5.69 Å². The zero-order chi connectivity index (χ0) is 7.72. The molecule has 1 heterocycles. The van der Waals surface area contributed by atoms with Crippen LogP contribution in [0, 0.1) is 14.1 Å². The lowest BCUT2D eigenvalue weighted by atomic mass is 10.3. The Morgan fingerprint density at radius 1 is 1.50 bits per heavy atom. The zero-order valence-electron chi connectivity index (χ0n) is 5.36. The fraction of sp³-hybridized carbons (Fsp3) is 0.167. The van der Waals surface area contributed by atoms with Crippen LogP contribution < -0.4 is 5.73 Å². The van der Waals surface area contributed by atoms with Gasteiger partial charge in [0.25, 0.3) is 0 Å². The van der Waals surface area contributed by atoms with E-state index in [-0.39, 0.29) is 0 Å². The molecule has 0 aromatic carbocycles. The van der Waals surface area contributed by atoms with Crippen LogP contribution in [-0.4, -0.2) is 4.98 Å². The molecule has 54 valence electrons. The molecule has 2 nitrogen and oxygen atoms in total. The van der Waals surface area contributed by atoms with E-state index in [1.807, 2.05) is 6.92 Å². The van der Waals surface area contributed by atoms with Crippen LogP contribution in [0.2, 0.25) is 0 Å². The topological polar surface area (TPSA) is 38.9 Å². The molecule has 4 heteroatoms. The molecule has 0 radical (unpaired) electrons. The molecular weight excluding hydrogens is 354 g/mol. The van der Waals surface area contributed by atoms with Crippen molar-refractivity contribution >= 4 is 50.9 Å². The zero-order valence-corrected chi connectivity index (χ0v) is 9.67. The molecule has 0 aliphatic carbocycles. The van der Waals surface area contributed by atoms with E-state index in [2.05, 4.69) is 50.2 Å². The first-order valence-electron chi connectivity index (χ1n) is 2.69. The van der Waals surface area contributed by atoms with Gasteiger partial charge in [0, 0.05) is 6.20 Å². The van der Waals surface area contributed by atoms with Crippen molar-refractivity contribution in [2.75, 3.05) is 5.73 Å². The van der Waals surface area contributed by atoms with Crippen LogP contribution in [0.25, 0.3) is 0 Å². The summed E-state index contributed by atoms with van der Waals surface area (Å²) in [5, 5.41) is 0. The summed E-state index contributed by atoms with van der Waals surface area (Å²) in [5.41, 5.74) is 7.57. The third-order valence-corrected chi connectivity index (χ3v) is 3.40. The lowest BCUT2D eigenvalue weighted by Crippen LogP contribution is -1.97. The highest BCUT2D eigenvalue weighted by molar-refractivity contribution is 14.1. The van der Waals surface area contributed by atoms with Gasteiger partial charge in [0.2, 0.25) is 0 Å². The van der Waals surface area contributed by atoms with Crippen molar-refractivity contribution in [3.8, 4) is 0 Å². The van der Waals surface area contributed by atoms with Crippen molar-refractivity contribution in [3.05, 3.63) is 19.0 Å². The number of hydrogen-bond donors (Lipinski definition) is 1. The third-order valence-electron chi connectivity index (χ3n) is 1.18. The van der Waals surface area contributed by atoms with E-state index in [0.717, 1.165) is 18.5 Å². The molecule has 2 N–H and O–H groups in total. The molecule has 0 aliphatic heterocycles. The molecule has 0 saturated carbocycles.